The van der Waals surface area contributed by atoms with Gasteiger partial charge < -0.3 is 37.3 Å². The zero-order valence-electron chi connectivity index (χ0n) is 27.4. The summed E-state index contributed by atoms with van der Waals surface area (Å²) >= 11 is 0. The number of carbonyl (C=O) groups excluding carboxylic acids is 2. The Bertz CT molecular complexity index is 1350. The number of H-pyrrole nitrogens is 1. The maximum Gasteiger partial charge on any atom is 0.326 e. The summed E-state index contributed by atoms with van der Waals surface area (Å²) in [6.45, 7) is 3.36. The first kappa shape index (κ1) is 37.3. The predicted molar refractivity (Wildman–Crippen MR) is 180 cm³/mol. The molecule has 12 nitrogen and oxygen atoms in total. The molecule has 1 saturated carbocycles. The lowest BCUT2D eigenvalue weighted by Gasteiger charge is -2.32. The summed E-state index contributed by atoms with van der Waals surface area (Å²) in [5.74, 6) is -1.60. The van der Waals surface area contributed by atoms with Crippen LogP contribution in [0, 0.1) is 5.92 Å². The number of carboxylic acids is 1. The van der Waals surface area contributed by atoms with E-state index in [4.69, 9.17) is 11.5 Å². The number of hydrogen-bond donors (Lipinski definition) is 6. The molecular weight excluding hydrogens is 598 g/mol. The largest absolute Gasteiger partial charge is 0.673 e. The van der Waals surface area contributed by atoms with Gasteiger partial charge in [-0.15, -0.1) is 6.04 Å². The van der Waals surface area contributed by atoms with Crippen molar-refractivity contribution < 1.29 is 24.6 Å². The molecule has 0 saturated heterocycles. The monoisotopic (exact) mass is 648 g/mol. The number of carboxylic acid groups (broad SMARTS) is 1. The average Bonchev–Trinajstić information content (AvgIpc) is 3.59. The van der Waals surface area contributed by atoms with Crippen LogP contribution >= 0.6 is 0 Å². The van der Waals surface area contributed by atoms with Crippen LogP contribution in [-0.4, -0.2) is 72.7 Å². The molecule has 0 radical (unpaired) electrons. The Balaban J connectivity index is 0.000000284. The van der Waals surface area contributed by atoms with Crippen molar-refractivity contribution in [2.24, 2.45) is 11.7 Å². The summed E-state index contributed by atoms with van der Waals surface area (Å²) in [4.78, 5) is 47.9. The van der Waals surface area contributed by atoms with Crippen molar-refractivity contribution in [2.75, 3.05) is 0 Å². The van der Waals surface area contributed by atoms with Crippen molar-refractivity contribution in [2.45, 2.75) is 108 Å². The zero-order chi connectivity index (χ0) is 34.2. The molecule has 12 heteroatoms. The van der Waals surface area contributed by atoms with E-state index in [1.165, 1.54) is 44.6 Å². The zero-order valence-corrected chi connectivity index (χ0v) is 27.4. The van der Waals surface area contributed by atoms with Crippen LogP contribution in [0.3, 0.4) is 0 Å². The lowest BCUT2D eigenvalue weighted by molar-refractivity contribution is -0.142. The molecule has 2 aromatic heterocycles. The second kappa shape index (κ2) is 18.9. The van der Waals surface area contributed by atoms with Gasteiger partial charge in [0.15, 0.2) is 0 Å². The number of aliphatic hydroxyl groups excluding tert-OH is 1. The molecule has 3 aromatic rings. The van der Waals surface area contributed by atoms with Crippen LogP contribution < -0.4 is 16.4 Å². The molecule has 0 aliphatic heterocycles. The smallest absolute Gasteiger partial charge is 0.326 e. The van der Waals surface area contributed by atoms with Crippen LogP contribution in [0.4, 0.5) is 0 Å². The molecule has 0 bridgehead atoms. The summed E-state index contributed by atoms with van der Waals surface area (Å²) in [6.07, 6.45) is 12.5. The highest BCUT2D eigenvalue weighted by Gasteiger charge is 2.32. The first-order valence-electron chi connectivity index (χ1n) is 16.4. The van der Waals surface area contributed by atoms with Gasteiger partial charge in [0.05, 0.1) is 11.9 Å². The first-order valence-corrected chi connectivity index (χ1v) is 16.4. The van der Waals surface area contributed by atoms with Crippen LogP contribution in [-0.2, 0) is 33.6 Å². The van der Waals surface area contributed by atoms with Crippen LogP contribution in [0.25, 0.3) is 5.73 Å². The molecule has 1 fully saturated rings. The summed E-state index contributed by atoms with van der Waals surface area (Å²) in [5.41, 5.74) is 15.2. The van der Waals surface area contributed by atoms with Gasteiger partial charge in [0.25, 0.3) is 0 Å². The number of nitrogens with two attached hydrogens (primary N) is 1. The van der Waals surface area contributed by atoms with Crippen molar-refractivity contribution in [1.29, 1.82) is 0 Å². The molecular formula is C35H50N7O5-. The molecule has 4 rings (SSSR count). The fourth-order valence-electron chi connectivity index (χ4n) is 5.45. The normalized spacial score (nSPS) is 17.1. The van der Waals surface area contributed by atoms with E-state index in [1.807, 2.05) is 48.5 Å². The third kappa shape index (κ3) is 12.9. The number of hydrogen-bond acceptors (Lipinski definition) is 7. The molecule has 5 atom stereocenters. The Labute approximate surface area is 277 Å². The number of pyridine rings is 1. The summed E-state index contributed by atoms with van der Waals surface area (Å²) in [6, 6.07) is 12.3. The lowest BCUT2D eigenvalue weighted by Crippen LogP contribution is -2.59. The number of carbonyl (C=O) groups is 3. The summed E-state index contributed by atoms with van der Waals surface area (Å²) < 4.78 is 0. The number of aromatic nitrogens is 3. The Morgan fingerprint density at radius 2 is 1.72 bits per heavy atom. The third-order valence-corrected chi connectivity index (χ3v) is 8.67. The van der Waals surface area contributed by atoms with Crippen molar-refractivity contribution in [3.63, 3.8) is 0 Å². The number of nitrogens with one attached hydrogen (secondary N) is 4. The van der Waals surface area contributed by atoms with Crippen molar-refractivity contribution in [3.05, 3.63) is 89.9 Å². The number of benzene rings is 1. The topological polar surface area (TPSA) is 207 Å². The van der Waals surface area contributed by atoms with Crippen LogP contribution in [0.2, 0.25) is 0 Å². The van der Waals surface area contributed by atoms with Gasteiger partial charge in [-0.25, -0.2) is 9.78 Å². The van der Waals surface area contributed by atoms with E-state index in [0.29, 0.717) is 24.5 Å². The molecule has 1 aliphatic rings. The van der Waals surface area contributed by atoms with Crippen molar-refractivity contribution >= 4 is 17.8 Å². The molecule has 2 amide bonds. The van der Waals surface area contributed by atoms with E-state index < -0.39 is 41.5 Å². The maximum absolute atomic E-state index is 12.9. The Morgan fingerprint density at radius 3 is 2.32 bits per heavy atom. The van der Waals surface area contributed by atoms with Crippen LogP contribution in [0.1, 0.15) is 75.7 Å². The number of aliphatic hydroxyl groups is 1. The fourth-order valence-corrected chi connectivity index (χ4v) is 5.45. The van der Waals surface area contributed by atoms with Gasteiger partial charge in [-0.1, -0.05) is 81.8 Å². The molecule has 2 heterocycles. The van der Waals surface area contributed by atoms with E-state index in [-0.39, 0.29) is 18.9 Å². The minimum atomic E-state index is -1.19. The van der Waals surface area contributed by atoms with Crippen LogP contribution in [0.15, 0.2) is 67.3 Å². The Hall–Kier alpha value is -4.13. The lowest BCUT2D eigenvalue weighted by atomic mass is 9.83. The number of nitrogens with zero attached hydrogens (tertiary/aromatic N) is 2. The quantitative estimate of drug-likeness (QED) is 0.143. The molecule has 47 heavy (non-hydrogen) atoms. The van der Waals surface area contributed by atoms with Crippen molar-refractivity contribution in [3.8, 4) is 0 Å². The Morgan fingerprint density at radius 1 is 1.02 bits per heavy atom. The molecule has 0 spiro atoms. The highest BCUT2D eigenvalue weighted by molar-refractivity contribution is 5.93. The molecule has 1 unspecified atom stereocenters. The van der Waals surface area contributed by atoms with Gasteiger partial charge in [-0.05, 0) is 37.0 Å². The standard InChI is InChI=1S/C20H27N5O4.C15H23N2O/c1-3-20(2,21)19(29)25-15(9-13-7-5-4-6-8-13)17(26)24-16(18(27)28)10-14-11-22-12-23-14;16-14(10-12-6-2-1-3-7-12)15(18)11-13-8-4-5-9-17-13/h4-8,11-12,15-16H,3,9-10,21H2,1-2H3,(H,22,23)(H,24,26)(H,25,29)(H,27,28);4-5,8-9,12,14-16,18H,1-3,6-7,10-11H2/q;-1/t15-,16-,20-;14-,15?/m00/s1. The minimum absolute atomic E-state index is 0.0383. The number of amides is 2. The first-order chi connectivity index (χ1) is 22.5. The van der Waals surface area contributed by atoms with Gasteiger partial charge in [0, 0.05) is 49.1 Å². The second-order valence-corrected chi connectivity index (χ2v) is 12.6. The predicted octanol–water partition coefficient (Wildman–Crippen LogP) is 3.75. The van der Waals surface area contributed by atoms with E-state index >= 15 is 0 Å². The van der Waals surface area contributed by atoms with Gasteiger partial charge in [0.1, 0.15) is 12.1 Å². The van der Waals surface area contributed by atoms with Gasteiger partial charge in [-0.2, -0.15) is 0 Å². The molecule has 1 aromatic carbocycles. The van der Waals surface area contributed by atoms with Gasteiger partial charge in [0.2, 0.25) is 11.8 Å². The highest BCUT2D eigenvalue weighted by atomic mass is 16.4. The van der Waals surface area contributed by atoms with Crippen LogP contribution in [0.5, 0.6) is 0 Å². The van der Waals surface area contributed by atoms with Gasteiger partial charge in [-0.3, -0.25) is 14.6 Å². The number of imidazole rings is 1. The van der Waals surface area contributed by atoms with Gasteiger partial charge >= 0.3 is 5.97 Å². The fraction of sp³-hybridized carbons (Fsp3) is 0.514. The van der Waals surface area contributed by atoms with E-state index in [0.717, 1.165) is 17.7 Å². The Kier molecular flexibility index (Phi) is 15.0. The third-order valence-electron chi connectivity index (χ3n) is 8.67. The van der Waals surface area contributed by atoms with E-state index in [1.54, 1.807) is 20.0 Å². The molecule has 8 N–H and O–H groups in total. The number of aromatic amines is 1. The highest BCUT2D eigenvalue weighted by Crippen LogP contribution is 2.29. The maximum atomic E-state index is 12.9. The number of rotatable bonds is 15. The summed E-state index contributed by atoms with van der Waals surface area (Å²) in [7, 11) is 0. The van der Waals surface area contributed by atoms with E-state index in [2.05, 4.69) is 25.6 Å². The molecule has 256 valence electrons. The summed E-state index contributed by atoms with van der Waals surface area (Å²) in [5, 5.41) is 24.7. The number of aliphatic carboxylic acids is 1. The van der Waals surface area contributed by atoms with Crippen molar-refractivity contribution in [1.82, 2.24) is 25.6 Å². The SMILES string of the molecule is CC[C@](C)(N)C(=O)N[C@@H](Cc1ccccc1)C(=O)N[C@@H](Cc1cnc[nH]1)C(=O)O.[NH-][C@@H](CC1CCCCC1)C(O)Cc1ccccn1. The van der Waals surface area contributed by atoms with E-state index in [9.17, 15) is 24.6 Å². The second-order valence-electron chi connectivity index (χ2n) is 12.6. The average molecular weight is 649 g/mol. The molecule has 1 aliphatic carbocycles. The minimum Gasteiger partial charge on any atom is -0.673 e.